The summed E-state index contributed by atoms with van der Waals surface area (Å²) in [4.78, 5) is 0. The number of halogens is 1. The molecule has 0 spiro atoms. The van der Waals surface area contributed by atoms with Gasteiger partial charge in [-0.15, -0.1) is 0 Å². The average molecular weight is 421 g/mol. The van der Waals surface area contributed by atoms with Crippen LogP contribution < -0.4 is 14.9 Å². The van der Waals surface area contributed by atoms with Crippen molar-refractivity contribution in [3.8, 4) is 34.1 Å². The Bertz CT molecular complexity index is 1130. The minimum atomic E-state index is -0.446. The van der Waals surface area contributed by atoms with Crippen LogP contribution in [0.25, 0.3) is 11.1 Å². The van der Waals surface area contributed by atoms with Gasteiger partial charge in [-0.2, -0.15) is 0 Å². The molecule has 30 heavy (non-hydrogen) atoms. The maximum absolute atomic E-state index is 6.67. The van der Waals surface area contributed by atoms with Gasteiger partial charge in [0.25, 0.3) is 0 Å². The Labute approximate surface area is 181 Å². The minimum Gasteiger partial charge on any atom is -0.450 e. The largest absolute Gasteiger partial charge is 0.494 e. The summed E-state index contributed by atoms with van der Waals surface area (Å²) in [6.45, 7) is 8.15. The van der Waals surface area contributed by atoms with Gasteiger partial charge in [0.1, 0.15) is 0 Å². The van der Waals surface area contributed by atoms with Crippen LogP contribution in [-0.4, -0.2) is 18.3 Å². The SMILES string of the molecule is CC1(C)OB(c2ccc(-c3ccc4c(c3)Oc3ccccc3O4)c(Cl)c2)OC1(C)C. The first-order chi connectivity index (χ1) is 14.2. The smallest absolute Gasteiger partial charge is 0.450 e. The van der Waals surface area contributed by atoms with Crippen LogP contribution in [0.4, 0.5) is 0 Å². The molecule has 1 saturated heterocycles. The standard InChI is InChI=1S/C24H22BClO4/c1-23(2)24(3,4)30-25(29-23)16-10-11-17(18(26)14-16)15-9-12-21-22(13-15)28-20-8-6-5-7-19(20)27-21/h5-14H,1-4H3. The van der Waals surface area contributed by atoms with Crippen LogP contribution in [0, 0.1) is 0 Å². The Hall–Kier alpha value is -2.47. The molecular weight excluding hydrogens is 399 g/mol. The molecule has 0 bridgehead atoms. The number of fused-ring (bicyclic) bond motifs is 2. The highest BCUT2D eigenvalue weighted by atomic mass is 35.5. The summed E-state index contributed by atoms with van der Waals surface area (Å²) >= 11 is 6.67. The molecule has 4 nitrogen and oxygen atoms in total. The fraction of sp³-hybridized carbons (Fsp3) is 0.250. The van der Waals surface area contributed by atoms with Gasteiger partial charge in [-0.25, -0.2) is 0 Å². The number of hydrogen-bond acceptors (Lipinski definition) is 4. The van der Waals surface area contributed by atoms with E-state index in [-0.39, 0.29) is 0 Å². The minimum absolute atomic E-state index is 0.394. The second-order valence-electron chi connectivity index (χ2n) is 8.64. The molecule has 2 aliphatic rings. The maximum atomic E-state index is 6.67. The van der Waals surface area contributed by atoms with Crippen LogP contribution in [0.1, 0.15) is 27.7 Å². The van der Waals surface area contributed by atoms with E-state index >= 15 is 0 Å². The van der Waals surface area contributed by atoms with E-state index in [1.54, 1.807) is 0 Å². The Kier molecular flexibility index (Phi) is 4.40. The number of ether oxygens (including phenoxy) is 2. The molecule has 0 amide bonds. The number of hydrogen-bond donors (Lipinski definition) is 0. The van der Waals surface area contributed by atoms with E-state index in [1.165, 1.54) is 0 Å². The lowest BCUT2D eigenvalue weighted by molar-refractivity contribution is 0.00578. The molecule has 0 N–H and O–H groups in total. The first-order valence-electron chi connectivity index (χ1n) is 9.98. The van der Waals surface area contributed by atoms with Crippen molar-refractivity contribution in [2.24, 2.45) is 0 Å². The van der Waals surface area contributed by atoms with Crippen LogP contribution >= 0.6 is 11.6 Å². The molecule has 152 valence electrons. The fourth-order valence-electron chi connectivity index (χ4n) is 3.59. The fourth-order valence-corrected chi connectivity index (χ4v) is 3.88. The van der Waals surface area contributed by atoms with Gasteiger partial charge in [0.15, 0.2) is 23.0 Å². The van der Waals surface area contributed by atoms with Gasteiger partial charge in [0, 0.05) is 10.6 Å². The van der Waals surface area contributed by atoms with Gasteiger partial charge in [-0.3, -0.25) is 0 Å². The lowest BCUT2D eigenvalue weighted by Gasteiger charge is -2.32. The second kappa shape index (κ2) is 6.77. The lowest BCUT2D eigenvalue weighted by Crippen LogP contribution is -2.41. The highest BCUT2D eigenvalue weighted by Crippen LogP contribution is 2.46. The highest BCUT2D eigenvalue weighted by Gasteiger charge is 2.51. The molecule has 5 rings (SSSR count). The molecule has 0 aromatic heterocycles. The predicted octanol–water partition coefficient (Wildman–Crippen LogP) is 6.20. The molecule has 3 aromatic rings. The third kappa shape index (κ3) is 3.18. The van der Waals surface area contributed by atoms with Gasteiger partial charge in [-0.1, -0.05) is 41.9 Å². The predicted molar refractivity (Wildman–Crippen MR) is 119 cm³/mol. The van der Waals surface area contributed by atoms with Gasteiger partial charge in [-0.05, 0) is 69.1 Å². The van der Waals surface area contributed by atoms with Crippen molar-refractivity contribution in [1.82, 2.24) is 0 Å². The molecule has 6 heteroatoms. The summed E-state index contributed by atoms with van der Waals surface area (Å²) in [6, 6.07) is 19.3. The topological polar surface area (TPSA) is 36.9 Å². The van der Waals surface area contributed by atoms with E-state index in [0.717, 1.165) is 16.6 Å². The zero-order valence-corrected chi connectivity index (χ0v) is 18.1. The van der Waals surface area contributed by atoms with Crippen molar-refractivity contribution in [1.29, 1.82) is 0 Å². The molecule has 2 heterocycles. The Morgan fingerprint density at radius 3 is 1.93 bits per heavy atom. The molecule has 0 atom stereocenters. The van der Waals surface area contributed by atoms with Crippen molar-refractivity contribution in [3.63, 3.8) is 0 Å². The van der Waals surface area contributed by atoms with E-state index in [9.17, 15) is 0 Å². The summed E-state index contributed by atoms with van der Waals surface area (Å²) < 4.78 is 24.2. The number of rotatable bonds is 2. The van der Waals surface area contributed by atoms with Crippen LogP contribution in [0.5, 0.6) is 23.0 Å². The summed E-state index contributed by atoms with van der Waals surface area (Å²) in [6.07, 6.45) is 0. The van der Waals surface area contributed by atoms with Crippen LogP contribution in [0.3, 0.4) is 0 Å². The van der Waals surface area contributed by atoms with Crippen molar-refractivity contribution < 1.29 is 18.8 Å². The first-order valence-corrected chi connectivity index (χ1v) is 10.4. The first kappa shape index (κ1) is 19.5. The summed E-state index contributed by atoms with van der Waals surface area (Å²) in [5, 5.41) is 0.624. The highest BCUT2D eigenvalue weighted by molar-refractivity contribution is 6.62. The zero-order valence-electron chi connectivity index (χ0n) is 17.4. The van der Waals surface area contributed by atoms with E-state index in [0.29, 0.717) is 28.0 Å². The second-order valence-corrected chi connectivity index (χ2v) is 9.05. The molecular formula is C24H22BClO4. The van der Waals surface area contributed by atoms with Crippen LogP contribution in [-0.2, 0) is 9.31 Å². The lowest BCUT2D eigenvalue weighted by atomic mass is 9.78. The molecule has 0 saturated carbocycles. The molecule has 0 unspecified atom stereocenters. The number of para-hydroxylation sites is 2. The summed E-state index contributed by atoms with van der Waals surface area (Å²) in [7, 11) is -0.446. The third-order valence-corrected chi connectivity index (χ3v) is 6.37. The van der Waals surface area contributed by atoms with Crippen molar-refractivity contribution in [2.75, 3.05) is 0 Å². The molecule has 2 aliphatic heterocycles. The Morgan fingerprint density at radius 1 is 0.700 bits per heavy atom. The van der Waals surface area contributed by atoms with E-state index < -0.39 is 18.3 Å². The van der Waals surface area contributed by atoms with Crippen LogP contribution in [0.2, 0.25) is 5.02 Å². The van der Waals surface area contributed by atoms with E-state index in [1.807, 2.05) is 88.4 Å². The van der Waals surface area contributed by atoms with E-state index in [4.69, 9.17) is 30.4 Å². The van der Waals surface area contributed by atoms with Crippen molar-refractivity contribution in [3.05, 3.63) is 65.7 Å². The quantitative estimate of drug-likeness (QED) is 0.362. The summed E-state index contributed by atoms with van der Waals surface area (Å²) in [5.74, 6) is 2.76. The van der Waals surface area contributed by atoms with Crippen molar-refractivity contribution in [2.45, 2.75) is 38.9 Å². The number of benzene rings is 3. The molecule has 0 radical (unpaired) electrons. The van der Waals surface area contributed by atoms with Gasteiger partial charge in [0.05, 0.1) is 11.2 Å². The van der Waals surface area contributed by atoms with Crippen molar-refractivity contribution >= 4 is 24.2 Å². The average Bonchev–Trinajstić information content (AvgIpc) is 2.93. The third-order valence-electron chi connectivity index (χ3n) is 6.06. The van der Waals surface area contributed by atoms with Gasteiger partial charge < -0.3 is 18.8 Å². The zero-order chi connectivity index (χ0) is 21.1. The summed E-state index contributed by atoms with van der Waals surface area (Å²) in [5.41, 5.74) is 1.96. The maximum Gasteiger partial charge on any atom is 0.494 e. The Balaban J connectivity index is 1.44. The molecule has 3 aromatic carbocycles. The molecule has 0 aliphatic carbocycles. The van der Waals surface area contributed by atoms with Gasteiger partial charge in [0.2, 0.25) is 0 Å². The Morgan fingerprint density at radius 2 is 1.30 bits per heavy atom. The van der Waals surface area contributed by atoms with Crippen LogP contribution in [0.15, 0.2) is 60.7 Å². The van der Waals surface area contributed by atoms with E-state index in [2.05, 4.69) is 0 Å². The molecule has 1 fully saturated rings. The normalized spacial score (nSPS) is 18.2. The monoisotopic (exact) mass is 420 g/mol. The van der Waals surface area contributed by atoms with Gasteiger partial charge >= 0.3 is 7.12 Å².